The van der Waals surface area contributed by atoms with Crippen molar-refractivity contribution >= 4 is 15.7 Å². The lowest BCUT2D eigenvalue weighted by atomic mass is 10.0. The van der Waals surface area contributed by atoms with Crippen LogP contribution < -0.4 is 10.0 Å². The van der Waals surface area contributed by atoms with Gasteiger partial charge in [0.05, 0.1) is 17.6 Å². The smallest absolute Gasteiger partial charge is 0.232 e. The van der Waals surface area contributed by atoms with Gasteiger partial charge in [0.2, 0.25) is 10.0 Å². The monoisotopic (exact) mass is 269 g/mol. The van der Waals surface area contributed by atoms with E-state index in [0.717, 1.165) is 13.0 Å². The SMILES string of the molecule is O=S(=O)(CCC1CCCCN1)Nc1cccnc1. The first-order valence-corrected chi connectivity index (χ1v) is 7.95. The quantitative estimate of drug-likeness (QED) is 0.846. The first-order chi connectivity index (χ1) is 8.66. The van der Waals surface area contributed by atoms with Gasteiger partial charge < -0.3 is 5.32 Å². The summed E-state index contributed by atoms with van der Waals surface area (Å²) in [6, 6.07) is 3.74. The van der Waals surface area contributed by atoms with Gasteiger partial charge in [0, 0.05) is 12.2 Å². The van der Waals surface area contributed by atoms with E-state index < -0.39 is 10.0 Å². The highest BCUT2D eigenvalue weighted by molar-refractivity contribution is 7.92. The van der Waals surface area contributed by atoms with Crippen LogP contribution in [0.3, 0.4) is 0 Å². The number of nitrogens with one attached hydrogen (secondary N) is 2. The zero-order valence-corrected chi connectivity index (χ0v) is 11.1. The minimum Gasteiger partial charge on any atom is -0.314 e. The zero-order chi connectivity index (χ0) is 12.8. The molecule has 2 heterocycles. The van der Waals surface area contributed by atoms with Crippen LogP contribution in [0.15, 0.2) is 24.5 Å². The molecule has 1 fully saturated rings. The third-order valence-corrected chi connectivity index (χ3v) is 4.40. The Bertz CT molecular complexity index is 455. The average molecular weight is 269 g/mol. The highest BCUT2D eigenvalue weighted by Gasteiger charge is 2.17. The van der Waals surface area contributed by atoms with Crippen molar-refractivity contribution in [1.82, 2.24) is 10.3 Å². The maximum atomic E-state index is 11.9. The molecule has 1 aliphatic heterocycles. The maximum absolute atomic E-state index is 11.9. The maximum Gasteiger partial charge on any atom is 0.232 e. The molecule has 1 atom stereocenters. The summed E-state index contributed by atoms with van der Waals surface area (Å²) in [5, 5.41) is 3.35. The third-order valence-electron chi connectivity index (χ3n) is 3.08. The Balaban J connectivity index is 1.83. The van der Waals surface area contributed by atoms with Gasteiger partial charge in [0.25, 0.3) is 0 Å². The first-order valence-electron chi connectivity index (χ1n) is 6.30. The molecule has 0 bridgehead atoms. The average Bonchev–Trinajstić information content (AvgIpc) is 2.38. The van der Waals surface area contributed by atoms with Gasteiger partial charge in [-0.3, -0.25) is 9.71 Å². The molecule has 1 aliphatic rings. The number of rotatable bonds is 5. The molecular formula is C12H19N3O2S. The van der Waals surface area contributed by atoms with E-state index in [-0.39, 0.29) is 5.75 Å². The topological polar surface area (TPSA) is 71.1 Å². The molecule has 0 saturated carbocycles. The van der Waals surface area contributed by atoms with Crippen molar-refractivity contribution in [1.29, 1.82) is 0 Å². The highest BCUT2D eigenvalue weighted by atomic mass is 32.2. The number of aromatic nitrogens is 1. The van der Waals surface area contributed by atoms with Crippen molar-refractivity contribution in [2.45, 2.75) is 31.7 Å². The van der Waals surface area contributed by atoms with Crippen LogP contribution in [0.4, 0.5) is 5.69 Å². The minimum absolute atomic E-state index is 0.152. The number of nitrogens with zero attached hydrogens (tertiary/aromatic N) is 1. The van der Waals surface area contributed by atoms with Gasteiger partial charge in [-0.2, -0.15) is 0 Å². The number of hydrogen-bond acceptors (Lipinski definition) is 4. The number of piperidine rings is 1. The second kappa shape index (κ2) is 6.15. The van der Waals surface area contributed by atoms with Crippen LogP contribution in [-0.2, 0) is 10.0 Å². The standard InChI is InChI=1S/C12H19N3O2S/c16-18(17,15-12-5-3-7-13-10-12)9-6-11-4-1-2-8-14-11/h3,5,7,10-11,14-15H,1-2,4,6,8-9H2. The predicted molar refractivity (Wildman–Crippen MR) is 71.9 cm³/mol. The molecule has 2 N–H and O–H groups in total. The molecule has 0 amide bonds. The molecular weight excluding hydrogens is 250 g/mol. The third kappa shape index (κ3) is 4.27. The Morgan fingerprint density at radius 3 is 3.00 bits per heavy atom. The van der Waals surface area contributed by atoms with Crippen molar-refractivity contribution in [3.05, 3.63) is 24.5 Å². The van der Waals surface area contributed by atoms with Crippen molar-refractivity contribution in [3.63, 3.8) is 0 Å². The molecule has 1 aromatic rings. The van der Waals surface area contributed by atoms with Crippen LogP contribution >= 0.6 is 0 Å². The van der Waals surface area contributed by atoms with E-state index in [2.05, 4.69) is 15.0 Å². The van der Waals surface area contributed by atoms with Crippen LogP contribution in [0.25, 0.3) is 0 Å². The molecule has 0 aromatic carbocycles. The predicted octanol–water partition coefficient (Wildman–Crippen LogP) is 1.36. The van der Waals surface area contributed by atoms with Gasteiger partial charge in [-0.15, -0.1) is 0 Å². The van der Waals surface area contributed by atoms with E-state index in [1.807, 2.05) is 0 Å². The summed E-state index contributed by atoms with van der Waals surface area (Å²) in [5.41, 5.74) is 0.522. The van der Waals surface area contributed by atoms with Gasteiger partial charge in [0.15, 0.2) is 0 Å². The van der Waals surface area contributed by atoms with E-state index in [1.54, 1.807) is 18.3 Å². The molecule has 1 unspecified atom stereocenters. The summed E-state index contributed by atoms with van der Waals surface area (Å²) in [6.45, 7) is 1.00. The molecule has 2 rings (SSSR count). The fourth-order valence-electron chi connectivity index (χ4n) is 2.12. The molecule has 100 valence electrons. The van der Waals surface area contributed by atoms with Gasteiger partial charge >= 0.3 is 0 Å². The lowest BCUT2D eigenvalue weighted by Gasteiger charge is -2.23. The number of pyridine rings is 1. The summed E-state index contributed by atoms with van der Waals surface area (Å²) >= 11 is 0. The Kier molecular flexibility index (Phi) is 4.54. The normalized spacial score (nSPS) is 20.6. The Morgan fingerprint density at radius 1 is 1.44 bits per heavy atom. The largest absolute Gasteiger partial charge is 0.314 e. The molecule has 1 saturated heterocycles. The molecule has 5 nitrogen and oxygen atoms in total. The molecule has 18 heavy (non-hydrogen) atoms. The van der Waals surface area contributed by atoms with Gasteiger partial charge in [0.1, 0.15) is 0 Å². The zero-order valence-electron chi connectivity index (χ0n) is 10.3. The second-order valence-electron chi connectivity index (χ2n) is 4.60. The first kappa shape index (κ1) is 13.3. The van der Waals surface area contributed by atoms with Crippen molar-refractivity contribution in [3.8, 4) is 0 Å². The van der Waals surface area contributed by atoms with Crippen molar-refractivity contribution in [2.24, 2.45) is 0 Å². The molecule has 0 aliphatic carbocycles. The van der Waals surface area contributed by atoms with Crippen LogP contribution in [0.2, 0.25) is 0 Å². The van der Waals surface area contributed by atoms with Crippen LogP contribution in [0.1, 0.15) is 25.7 Å². The fourth-order valence-corrected chi connectivity index (χ4v) is 3.30. The lowest BCUT2D eigenvalue weighted by Crippen LogP contribution is -2.36. The van der Waals surface area contributed by atoms with Crippen LogP contribution in [-0.4, -0.2) is 31.7 Å². The van der Waals surface area contributed by atoms with Crippen LogP contribution in [0.5, 0.6) is 0 Å². The molecule has 0 spiro atoms. The van der Waals surface area contributed by atoms with Crippen molar-refractivity contribution in [2.75, 3.05) is 17.0 Å². The van der Waals surface area contributed by atoms with Crippen LogP contribution in [0, 0.1) is 0 Å². The summed E-state index contributed by atoms with van der Waals surface area (Å²) in [7, 11) is -3.26. The lowest BCUT2D eigenvalue weighted by molar-refractivity contribution is 0.393. The van der Waals surface area contributed by atoms with Gasteiger partial charge in [-0.05, 0) is 37.9 Å². The minimum atomic E-state index is -3.26. The van der Waals surface area contributed by atoms with Crippen molar-refractivity contribution < 1.29 is 8.42 Å². The summed E-state index contributed by atoms with van der Waals surface area (Å²) in [5.74, 6) is 0.152. The number of sulfonamides is 1. The number of anilines is 1. The summed E-state index contributed by atoms with van der Waals surface area (Å²) in [4.78, 5) is 3.88. The highest BCUT2D eigenvalue weighted by Crippen LogP contribution is 2.12. The number of hydrogen-bond donors (Lipinski definition) is 2. The molecule has 0 radical (unpaired) electrons. The van der Waals surface area contributed by atoms with E-state index in [9.17, 15) is 8.42 Å². The van der Waals surface area contributed by atoms with Gasteiger partial charge in [-0.1, -0.05) is 6.42 Å². The van der Waals surface area contributed by atoms with E-state index in [1.165, 1.54) is 19.0 Å². The summed E-state index contributed by atoms with van der Waals surface area (Å²) < 4.78 is 26.3. The second-order valence-corrected chi connectivity index (χ2v) is 6.44. The molecule has 6 heteroatoms. The Hall–Kier alpha value is -1.14. The molecule has 1 aromatic heterocycles. The van der Waals surface area contributed by atoms with E-state index in [0.29, 0.717) is 18.2 Å². The Labute approximate surface area is 108 Å². The van der Waals surface area contributed by atoms with E-state index >= 15 is 0 Å². The summed E-state index contributed by atoms with van der Waals surface area (Å²) in [6.07, 6.45) is 7.24. The Morgan fingerprint density at radius 2 is 2.33 bits per heavy atom. The van der Waals surface area contributed by atoms with E-state index in [4.69, 9.17) is 0 Å². The fraction of sp³-hybridized carbons (Fsp3) is 0.583. The van der Waals surface area contributed by atoms with Gasteiger partial charge in [-0.25, -0.2) is 8.42 Å².